The quantitative estimate of drug-likeness (QED) is 0.775. The molecule has 22 heavy (non-hydrogen) atoms. The van der Waals surface area contributed by atoms with Gasteiger partial charge in [-0.2, -0.15) is 0 Å². The SMILES string of the molecule is CCNCC(COCc1ccccc1)NC(=O)OC(C)(C)C. The Morgan fingerprint density at radius 3 is 2.50 bits per heavy atom. The van der Waals surface area contributed by atoms with Gasteiger partial charge in [0.05, 0.1) is 19.3 Å². The molecule has 1 amide bonds. The number of benzene rings is 1. The predicted octanol–water partition coefficient (Wildman–Crippen LogP) is 2.71. The predicted molar refractivity (Wildman–Crippen MR) is 87.8 cm³/mol. The van der Waals surface area contributed by atoms with Crippen molar-refractivity contribution in [2.45, 2.75) is 45.9 Å². The Balaban J connectivity index is 2.41. The first-order chi connectivity index (χ1) is 10.4. The third kappa shape index (κ3) is 8.64. The zero-order chi connectivity index (χ0) is 16.4. The molecule has 0 heterocycles. The van der Waals surface area contributed by atoms with Crippen LogP contribution in [0.5, 0.6) is 0 Å². The molecular weight excluding hydrogens is 280 g/mol. The lowest BCUT2D eigenvalue weighted by atomic mass is 10.2. The molecule has 0 aliphatic carbocycles. The first kappa shape index (κ1) is 18.5. The van der Waals surface area contributed by atoms with Crippen LogP contribution in [0.15, 0.2) is 30.3 Å². The maximum Gasteiger partial charge on any atom is 0.407 e. The van der Waals surface area contributed by atoms with Crippen LogP contribution in [-0.2, 0) is 16.1 Å². The average Bonchev–Trinajstić information content (AvgIpc) is 2.43. The minimum atomic E-state index is -0.502. The van der Waals surface area contributed by atoms with Crippen molar-refractivity contribution in [3.8, 4) is 0 Å². The van der Waals surface area contributed by atoms with E-state index < -0.39 is 11.7 Å². The molecule has 5 nitrogen and oxygen atoms in total. The molecule has 0 saturated carbocycles. The standard InChI is InChI=1S/C17H28N2O3/c1-5-18-11-15(19-16(20)22-17(2,3)4)13-21-12-14-9-7-6-8-10-14/h6-10,15,18H,5,11-13H2,1-4H3,(H,19,20). The van der Waals surface area contributed by atoms with Crippen LogP contribution in [0.3, 0.4) is 0 Å². The Morgan fingerprint density at radius 1 is 1.23 bits per heavy atom. The Kier molecular flexibility index (Phi) is 7.91. The first-order valence-electron chi connectivity index (χ1n) is 7.72. The lowest BCUT2D eigenvalue weighted by molar-refractivity contribution is 0.0429. The van der Waals surface area contributed by atoms with Crippen molar-refractivity contribution in [1.82, 2.24) is 10.6 Å². The van der Waals surface area contributed by atoms with Crippen molar-refractivity contribution in [1.29, 1.82) is 0 Å². The largest absolute Gasteiger partial charge is 0.444 e. The van der Waals surface area contributed by atoms with Crippen LogP contribution in [0.2, 0.25) is 0 Å². The van der Waals surface area contributed by atoms with Gasteiger partial charge in [0.1, 0.15) is 5.60 Å². The van der Waals surface area contributed by atoms with Crippen LogP contribution in [0.4, 0.5) is 4.79 Å². The summed E-state index contributed by atoms with van der Waals surface area (Å²) in [7, 11) is 0. The summed E-state index contributed by atoms with van der Waals surface area (Å²) in [5, 5.41) is 6.06. The number of carbonyl (C=O) groups is 1. The number of alkyl carbamates (subject to hydrolysis) is 1. The van der Waals surface area contributed by atoms with Crippen molar-refractivity contribution in [2.24, 2.45) is 0 Å². The van der Waals surface area contributed by atoms with Gasteiger partial charge in [0.15, 0.2) is 0 Å². The third-order valence-electron chi connectivity index (χ3n) is 2.79. The molecule has 2 N–H and O–H groups in total. The molecule has 0 aromatic heterocycles. The van der Waals surface area contributed by atoms with E-state index >= 15 is 0 Å². The number of ether oxygens (including phenoxy) is 2. The van der Waals surface area contributed by atoms with E-state index in [1.807, 2.05) is 58.0 Å². The fourth-order valence-electron chi connectivity index (χ4n) is 1.84. The second-order valence-corrected chi connectivity index (χ2v) is 6.15. The van der Waals surface area contributed by atoms with Crippen molar-refractivity contribution >= 4 is 6.09 Å². The Morgan fingerprint density at radius 2 is 1.91 bits per heavy atom. The minimum absolute atomic E-state index is 0.126. The molecule has 0 bridgehead atoms. The van der Waals surface area contributed by atoms with Crippen molar-refractivity contribution in [3.05, 3.63) is 35.9 Å². The van der Waals surface area contributed by atoms with Crippen LogP contribution in [0.1, 0.15) is 33.3 Å². The normalized spacial score (nSPS) is 12.7. The highest BCUT2D eigenvalue weighted by Crippen LogP contribution is 2.07. The van der Waals surface area contributed by atoms with E-state index in [0.717, 1.165) is 12.1 Å². The van der Waals surface area contributed by atoms with Gasteiger partial charge in [-0.15, -0.1) is 0 Å². The molecule has 1 rings (SSSR count). The number of rotatable bonds is 8. The van der Waals surface area contributed by atoms with Crippen molar-refractivity contribution in [3.63, 3.8) is 0 Å². The summed E-state index contributed by atoms with van der Waals surface area (Å²) < 4.78 is 11.0. The second kappa shape index (κ2) is 9.43. The van der Waals surface area contributed by atoms with E-state index in [0.29, 0.717) is 19.8 Å². The smallest absolute Gasteiger partial charge is 0.407 e. The molecule has 0 aliphatic heterocycles. The van der Waals surface area contributed by atoms with Gasteiger partial charge in [-0.25, -0.2) is 4.79 Å². The van der Waals surface area contributed by atoms with Gasteiger partial charge in [-0.1, -0.05) is 37.3 Å². The molecule has 0 spiro atoms. The summed E-state index contributed by atoms with van der Waals surface area (Å²) in [5.74, 6) is 0. The molecule has 124 valence electrons. The molecule has 0 radical (unpaired) electrons. The number of amides is 1. The molecular formula is C17H28N2O3. The number of likely N-dealkylation sites (N-methyl/N-ethyl adjacent to an activating group) is 1. The lowest BCUT2D eigenvalue weighted by Gasteiger charge is -2.24. The molecule has 1 unspecified atom stereocenters. The number of hydrogen-bond acceptors (Lipinski definition) is 4. The molecule has 5 heteroatoms. The van der Waals surface area contributed by atoms with Crippen LogP contribution >= 0.6 is 0 Å². The molecule has 0 saturated heterocycles. The summed E-state index contributed by atoms with van der Waals surface area (Å²) in [6.07, 6.45) is -0.418. The fourth-order valence-corrected chi connectivity index (χ4v) is 1.84. The molecule has 1 aromatic carbocycles. The lowest BCUT2D eigenvalue weighted by Crippen LogP contribution is -2.46. The van der Waals surface area contributed by atoms with Gasteiger partial charge < -0.3 is 20.1 Å². The highest BCUT2D eigenvalue weighted by atomic mass is 16.6. The summed E-state index contributed by atoms with van der Waals surface area (Å²) in [6, 6.07) is 9.84. The molecule has 0 aliphatic rings. The van der Waals surface area contributed by atoms with E-state index in [1.165, 1.54) is 0 Å². The van der Waals surface area contributed by atoms with E-state index in [-0.39, 0.29) is 6.04 Å². The topological polar surface area (TPSA) is 59.6 Å². The van der Waals surface area contributed by atoms with E-state index in [1.54, 1.807) is 0 Å². The van der Waals surface area contributed by atoms with Crippen molar-refractivity contribution in [2.75, 3.05) is 19.7 Å². The number of carbonyl (C=O) groups excluding carboxylic acids is 1. The third-order valence-corrected chi connectivity index (χ3v) is 2.79. The maximum atomic E-state index is 11.8. The molecule has 0 fully saturated rings. The second-order valence-electron chi connectivity index (χ2n) is 6.15. The Bertz CT molecular complexity index is 429. The Hall–Kier alpha value is -1.59. The zero-order valence-electron chi connectivity index (χ0n) is 14.0. The highest BCUT2D eigenvalue weighted by molar-refractivity contribution is 5.68. The van der Waals surface area contributed by atoms with Gasteiger partial charge >= 0.3 is 6.09 Å². The minimum Gasteiger partial charge on any atom is -0.444 e. The zero-order valence-corrected chi connectivity index (χ0v) is 14.0. The van der Waals surface area contributed by atoms with Crippen LogP contribution in [-0.4, -0.2) is 37.4 Å². The molecule has 1 atom stereocenters. The van der Waals surface area contributed by atoms with Crippen molar-refractivity contribution < 1.29 is 14.3 Å². The highest BCUT2D eigenvalue weighted by Gasteiger charge is 2.19. The van der Waals surface area contributed by atoms with E-state index in [4.69, 9.17) is 9.47 Å². The summed E-state index contributed by atoms with van der Waals surface area (Å²) >= 11 is 0. The van der Waals surface area contributed by atoms with Gasteiger partial charge in [-0.05, 0) is 32.9 Å². The Labute approximate surface area is 133 Å². The van der Waals surface area contributed by atoms with Gasteiger partial charge in [-0.3, -0.25) is 0 Å². The number of nitrogens with one attached hydrogen (secondary N) is 2. The molecule has 1 aromatic rings. The van der Waals surface area contributed by atoms with E-state index in [2.05, 4.69) is 10.6 Å². The summed E-state index contributed by atoms with van der Waals surface area (Å²) in [6.45, 7) is 10.00. The van der Waals surface area contributed by atoms with Gasteiger partial charge in [0, 0.05) is 6.54 Å². The van der Waals surface area contributed by atoms with Gasteiger partial charge in [0.2, 0.25) is 0 Å². The van der Waals surface area contributed by atoms with Gasteiger partial charge in [0.25, 0.3) is 0 Å². The first-order valence-corrected chi connectivity index (χ1v) is 7.72. The van der Waals surface area contributed by atoms with Crippen LogP contribution in [0.25, 0.3) is 0 Å². The summed E-state index contributed by atoms with van der Waals surface area (Å²) in [4.78, 5) is 11.8. The van der Waals surface area contributed by atoms with Crippen LogP contribution < -0.4 is 10.6 Å². The van der Waals surface area contributed by atoms with E-state index in [9.17, 15) is 4.79 Å². The number of hydrogen-bond donors (Lipinski definition) is 2. The maximum absolute atomic E-state index is 11.8. The average molecular weight is 308 g/mol. The van der Waals surface area contributed by atoms with Crippen LogP contribution in [0, 0.1) is 0 Å². The fraction of sp³-hybridized carbons (Fsp3) is 0.588. The summed E-state index contributed by atoms with van der Waals surface area (Å²) in [5.41, 5.74) is 0.611. The monoisotopic (exact) mass is 308 g/mol.